The molecule has 0 bridgehead atoms. The molecule has 1 N–H and O–H groups in total. The fourth-order valence-corrected chi connectivity index (χ4v) is 5.06. The Morgan fingerprint density at radius 1 is 0.912 bits per heavy atom. The van der Waals surface area contributed by atoms with Crippen molar-refractivity contribution in [2.75, 3.05) is 26.2 Å². The van der Waals surface area contributed by atoms with Crippen molar-refractivity contribution in [2.45, 2.75) is 18.0 Å². The summed E-state index contributed by atoms with van der Waals surface area (Å²) in [6.45, 7) is 1.72. The van der Waals surface area contributed by atoms with Gasteiger partial charge in [-0.05, 0) is 40.1 Å². The third-order valence-corrected chi connectivity index (χ3v) is 7.04. The summed E-state index contributed by atoms with van der Waals surface area (Å²) >= 11 is 0. The molecule has 6 nitrogen and oxygen atoms in total. The summed E-state index contributed by atoms with van der Waals surface area (Å²) in [5.41, 5.74) is 0.190. The van der Waals surface area contributed by atoms with Crippen LogP contribution in [0.15, 0.2) is 66.7 Å². The molecular weight excluding hydrogens is 469 g/mol. The van der Waals surface area contributed by atoms with E-state index in [2.05, 4.69) is 0 Å². The Kier molecular flexibility index (Phi) is 6.66. The van der Waals surface area contributed by atoms with Gasteiger partial charge >= 0.3 is 6.18 Å². The van der Waals surface area contributed by atoms with Crippen LogP contribution in [0.4, 0.5) is 13.2 Å². The van der Waals surface area contributed by atoms with Gasteiger partial charge in [0.1, 0.15) is 0 Å². The topological polar surface area (TPSA) is 77.9 Å². The average Bonchev–Trinajstić information content (AvgIpc) is 2.78. The van der Waals surface area contributed by atoms with Crippen LogP contribution < -0.4 is 0 Å². The fourth-order valence-electron chi connectivity index (χ4n) is 4.16. The minimum Gasteiger partial charge on any atom is -0.339 e. The molecule has 0 spiro atoms. The predicted molar refractivity (Wildman–Crippen MR) is 122 cm³/mol. The fraction of sp³-hybridized carbons (Fsp3) is 0.292. The largest absolute Gasteiger partial charge is 0.416 e. The van der Waals surface area contributed by atoms with Crippen molar-refractivity contribution in [1.82, 2.24) is 9.80 Å². The average molecular weight is 493 g/mol. The number of piperazine rings is 1. The van der Waals surface area contributed by atoms with E-state index in [0.29, 0.717) is 25.2 Å². The monoisotopic (exact) mass is 492 g/mol. The lowest BCUT2D eigenvalue weighted by atomic mass is 10.0. The Bertz CT molecular complexity index is 1290. The molecule has 1 aliphatic heterocycles. The van der Waals surface area contributed by atoms with Gasteiger partial charge in [-0.1, -0.05) is 48.5 Å². The molecule has 0 aliphatic carbocycles. The molecule has 1 unspecified atom stereocenters. The van der Waals surface area contributed by atoms with Gasteiger partial charge < -0.3 is 4.90 Å². The Hall–Kier alpha value is -2.95. The van der Waals surface area contributed by atoms with Crippen molar-refractivity contribution in [3.63, 3.8) is 0 Å². The molecule has 1 heterocycles. The van der Waals surface area contributed by atoms with Gasteiger partial charge in [0, 0.05) is 32.7 Å². The van der Waals surface area contributed by atoms with Crippen LogP contribution in [0.25, 0.3) is 10.8 Å². The number of alkyl halides is 3. The molecule has 0 saturated carbocycles. The number of carbonyl (C=O) groups excluding carboxylic acids is 1. The summed E-state index contributed by atoms with van der Waals surface area (Å²) in [6.07, 6.45) is -4.39. The SMILES string of the molecule is O=C(C(c1ccc2ccccc2c1)S(=O)(=O)O)N1CCN(Cc2ccc(C(F)(F)F)cc2)CC1. The van der Waals surface area contributed by atoms with Crippen LogP contribution in [-0.4, -0.2) is 54.9 Å². The second-order valence-electron chi connectivity index (χ2n) is 8.30. The normalized spacial score (nSPS) is 16.5. The Balaban J connectivity index is 1.44. The van der Waals surface area contributed by atoms with E-state index in [-0.39, 0.29) is 18.7 Å². The van der Waals surface area contributed by atoms with Gasteiger partial charge in [0.2, 0.25) is 5.91 Å². The number of rotatable bonds is 5. The van der Waals surface area contributed by atoms with Gasteiger partial charge in [-0.15, -0.1) is 0 Å². The van der Waals surface area contributed by atoms with Crippen LogP contribution in [0.1, 0.15) is 21.9 Å². The van der Waals surface area contributed by atoms with Gasteiger partial charge in [0.05, 0.1) is 5.56 Å². The van der Waals surface area contributed by atoms with E-state index in [0.717, 1.165) is 22.9 Å². The van der Waals surface area contributed by atoms with Crippen molar-refractivity contribution in [1.29, 1.82) is 0 Å². The molecule has 0 radical (unpaired) electrons. The molecule has 0 aromatic heterocycles. The zero-order valence-electron chi connectivity index (χ0n) is 18.1. The van der Waals surface area contributed by atoms with Crippen molar-refractivity contribution >= 4 is 26.8 Å². The van der Waals surface area contributed by atoms with Gasteiger partial charge in [-0.3, -0.25) is 14.2 Å². The summed E-state index contributed by atoms with van der Waals surface area (Å²) in [6, 6.07) is 17.0. The van der Waals surface area contributed by atoms with E-state index in [1.165, 1.54) is 23.1 Å². The zero-order chi connectivity index (χ0) is 24.5. The number of hydrogen-bond acceptors (Lipinski definition) is 4. The first-order valence-corrected chi connectivity index (χ1v) is 12.1. The second kappa shape index (κ2) is 9.36. The molecule has 1 aliphatic rings. The number of benzene rings is 3. The molecular formula is C24H23F3N2O4S. The maximum Gasteiger partial charge on any atom is 0.416 e. The maximum atomic E-state index is 13.1. The van der Waals surface area contributed by atoms with E-state index in [9.17, 15) is 30.9 Å². The number of amides is 1. The van der Waals surface area contributed by atoms with Crippen LogP contribution >= 0.6 is 0 Å². The van der Waals surface area contributed by atoms with Crippen LogP contribution in [0.5, 0.6) is 0 Å². The molecule has 1 amide bonds. The Labute approximate surface area is 195 Å². The van der Waals surface area contributed by atoms with E-state index in [1.54, 1.807) is 24.3 Å². The Morgan fingerprint density at radius 3 is 2.12 bits per heavy atom. The molecule has 1 fully saturated rings. The summed E-state index contributed by atoms with van der Waals surface area (Å²) in [4.78, 5) is 16.5. The van der Waals surface area contributed by atoms with Gasteiger partial charge in [-0.25, -0.2) is 0 Å². The number of halogens is 3. The highest BCUT2D eigenvalue weighted by Gasteiger charge is 2.37. The Morgan fingerprint density at radius 2 is 1.53 bits per heavy atom. The quantitative estimate of drug-likeness (QED) is 0.542. The maximum absolute atomic E-state index is 13.1. The van der Waals surface area contributed by atoms with Crippen molar-refractivity contribution in [3.05, 3.63) is 83.4 Å². The summed E-state index contributed by atoms with van der Waals surface area (Å²) < 4.78 is 72.4. The molecule has 180 valence electrons. The molecule has 1 saturated heterocycles. The van der Waals surface area contributed by atoms with Crippen LogP contribution in [0.3, 0.4) is 0 Å². The van der Waals surface area contributed by atoms with Crippen LogP contribution in [-0.2, 0) is 27.6 Å². The molecule has 3 aromatic carbocycles. The van der Waals surface area contributed by atoms with Gasteiger partial charge in [0.15, 0.2) is 5.25 Å². The number of nitrogens with zero attached hydrogens (tertiary/aromatic N) is 2. The summed E-state index contributed by atoms with van der Waals surface area (Å²) in [5.74, 6) is -0.702. The summed E-state index contributed by atoms with van der Waals surface area (Å²) in [7, 11) is -4.71. The van der Waals surface area contributed by atoms with E-state index >= 15 is 0 Å². The van der Waals surface area contributed by atoms with E-state index in [4.69, 9.17) is 0 Å². The first-order valence-electron chi connectivity index (χ1n) is 10.6. The smallest absolute Gasteiger partial charge is 0.339 e. The predicted octanol–water partition coefficient (Wildman–Crippen LogP) is 4.13. The van der Waals surface area contributed by atoms with Crippen molar-refractivity contribution in [3.8, 4) is 0 Å². The molecule has 3 aromatic rings. The third-order valence-electron chi connectivity index (χ3n) is 5.97. The van der Waals surface area contributed by atoms with E-state index in [1.807, 2.05) is 17.0 Å². The van der Waals surface area contributed by atoms with Crippen LogP contribution in [0, 0.1) is 0 Å². The van der Waals surface area contributed by atoms with Crippen molar-refractivity contribution in [2.24, 2.45) is 0 Å². The lowest BCUT2D eigenvalue weighted by molar-refractivity contribution is -0.137. The lowest BCUT2D eigenvalue weighted by Gasteiger charge is -2.36. The molecule has 1 atom stereocenters. The van der Waals surface area contributed by atoms with Gasteiger partial charge in [0.25, 0.3) is 10.1 Å². The highest BCUT2D eigenvalue weighted by molar-refractivity contribution is 7.86. The standard InChI is InChI=1S/C24H23F3N2O4S/c25-24(26,27)21-9-5-17(6-10-21)16-28-11-13-29(14-12-28)23(30)22(34(31,32)33)20-8-7-18-3-1-2-4-19(18)15-20/h1-10,15,22H,11-14,16H2,(H,31,32,33). The first kappa shape index (κ1) is 24.2. The molecule has 4 rings (SSSR count). The minimum atomic E-state index is -4.71. The number of fused-ring (bicyclic) bond motifs is 1. The lowest BCUT2D eigenvalue weighted by Crippen LogP contribution is -2.50. The van der Waals surface area contributed by atoms with Crippen molar-refractivity contribution < 1.29 is 30.9 Å². The number of carbonyl (C=O) groups is 1. The van der Waals surface area contributed by atoms with Gasteiger partial charge in [-0.2, -0.15) is 21.6 Å². The molecule has 34 heavy (non-hydrogen) atoms. The van der Waals surface area contributed by atoms with E-state index < -0.39 is 33.0 Å². The third kappa shape index (κ3) is 5.40. The highest BCUT2D eigenvalue weighted by Crippen LogP contribution is 2.30. The second-order valence-corrected chi connectivity index (χ2v) is 9.80. The zero-order valence-corrected chi connectivity index (χ0v) is 18.9. The number of hydrogen-bond donors (Lipinski definition) is 1. The van der Waals surface area contributed by atoms with Crippen LogP contribution in [0.2, 0.25) is 0 Å². The molecule has 10 heteroatoms. The minimum absolute atomic E-state index is 0.193. The summed E-state index contributed by atoms with van der Waals surface area (Å²) in [5, 5.41) is -0.0916. The first-order chi connectivity index (χ1) is 16.0. The highest BCUT2D eigenvalue weighted by atomic mass is 32.2.